The Labute approximate surface area is 274 Å². The monoisotopic (exact) mass is 662 g/mol. The first kappa shape index (κ1) is 36.7. The van der Waals surface area contributed by atoms with Gasteiger partial charge in [0.2, 0.25) is 17.6 Å². The van der Waals surface area contributed by atoms with Crippen LogP contribution < -0.4 is 10.6 Å². The van der Waals surface area contributed by atoms with Gasteiger partial charge in [-0.2, -0.15) is 0 Å². The first-order valence-electron chi connectivity index (χ1n) is 16.7. The fraction of sp³-hybridized carbons (Fsp3) is 0.765. The fourth-order valence-corrected chi connectivity index (χ4v) is 9.12. The molecule has 0 unspecified atom stereocenters. The lowest BCUT2D eigenvalue weighted by atomic mass is 9.45. The molecule has 3 fully saturated rings. The average molecular weight is 663 g/mol. The first-order valence-corrected chi connectivity index (χ1v) is 16.7. The summed E-state index contributed by atoms with van der Waals surface area (Å²) in [5, 5.41) is 46.9. The van der Waals surface area contributed by atoms with Crippen LogP contribution in [0, 0.1) is 34.5 Å². The van der Waals surface area contributed by atoms with Crippen molar-refractivity contribution in [3.8, 4) is 0 Å². The van der Waals surface area contributed by atoms with Crippen molar-refractivity contribution in [3.05, 3.63) is 11.6 Å². The molecule has 0 aromatic carbocycles. The van der Waals surface area contributed by atoms with Crippen molar-refractivity contribution in [2.45, 2.75) is 122 Å². The molecule has 6 N–H and O–H groups in total. The van der Waals surface area contributed by atoms with Gasteiger partial charge >= 0.3 is 11.9 Å². The normalized spacial score (nSPS) is 34.9. The molecule has 3 saturated carbocycles. The zero-order chi connectivity index (χ0) is 35.1. The van der Waals surface area contributed by atoms with Crippen molar-refractivity contribution >= 4 is 35.3 Å². The molecule has 0 spiro atoms. The van der Waals surface area contributed by atoms with Crippen LogP contribution >= 0.6 is 0 Å². The second-order valence-electron chi connectivity index (χ2n) is 14.9. The molecule has 0 aromatic heterocycles. The van der Waals surface area contributed by atoms with E-state index in [1.54, 1.807) is 19.9 Å². The minimum absolute atomic E-state index is 0.0299. The molecular formula is C34H50N2O11. The van der Waals surface area contributed by atoms with Gasteiger partial charge in [0.05, 0.1) is 18.6 Å². The van der Waals surface area contributed by atoms with Crippen LogP contribution in [-0.2, 0) is 33.5 Å². The smallest absolute Gasteiger partial charge is 0.328 e. The number of carbonyl (C=O) groups excluding carboxylic acids is 5. The Balaban J connectivity index is 1.32. The number of Topliss-reactive ketones (excluding diaryl/α,β-unsaturated/α-hetero) is 1. The van der Waals surface area contributed by atoms with Gasteiger partial charge < -0.3 is 35.8 Å². The number of aliphatic hydroxyl groups excluding tert-OH is 2. The van der Waals surface area contributed by atoms with E-state index in [-0.39, 0.29) is 48.2 Å². The second kappa shape index (κ2) is 13.8. The molecule has 4 aliphatic rings. The van der Waals surface area contributed by atoms with Gasteiger partial charge in [0.25, 0.3) is 0 Å². The summed E-state index contributed by atoms with van der Waals surface area (Å²) >= 11 is 0. The summed E-state index contributed by atoms with van der Waals surface area (Å²) in [5.41, 5.74) is -1.95. The quantitative estimate of drug-likeness (QED) is 0.163. The van der Waals surface area contributed by atoms with Crippen molar-refractivity contribution in [1.29, 1.82) is 0 Å². The fourth-order valence-electron chi connectivity index (χ4n) is 9.12. The van der Waals surface area contributed by atoms with E-state index in [4.69, 9.17) is 4.74 Å². The Bertz CT molecular complexity index is 1330. The molecule has 4 aliphatic carbocycles. The maximum atomic E-state index is 13.5. The Morgan fingerprint density at radius 2 is 1.68 bits per heavy atom. The Hall–Kier alpha value is -3.16. The molecule has 0 saturated heterocycles. The highest BCUT2D eigenvalue weighted by atomic mass is 16.5. The van der Waals surface area contributed by atoms with E-state index < -0.39 is 83.8 Å². The first-order chi connectivity index (χ1) is 21.9. The second-order valence-corrected chi connectivity index (χ2v) is 14.9. The summed E-state index contributed by atoms with van der Waals surface area (Å²) in [6.07, 6.45) is 2.42. The van der Waals surface area contributed by atoms with Gasteiger partial charge in [-0.05, 0) is 80.6 Å². The summed E-state index contributed by atoms with van der Waals surface area (Å²) in [6.45, 7) is 7.75. The number of nitrogens with one attached hydrogen (secondary N) is 2. The number of carbonyl (C=O) groups is 6. The van der Waals surface area contributed by atoms with Crippen LogP contribution in [-0.4, -0.2) is 92.2 Å². The van der Waals surface area contributed by atoms with Crippen LogP contribution in [0.1, 0.15) is 92.4 Å². The highest BCUT2D eigenvalue weighted by Crippen LogP contribution is 2.67. The predicted octanol–water partition coefficient (Wildman–Crippen LogP) is 1.20. The van der Waals surface area contributed by atoms with E-state index in [1.165, 1.54) is 6.92 Å². The van der Waals surface area contributed by atoms with Crippen molar-refractivity contribution in [1.82, 2.24) is 10.6 Å². The van der Waals surface area contributed by atoms with Crippen LogP contribution in [0.3, 0.4) is 0 Å². The van der Waals surface area contributed by atoms with Crippen LogP contribution in [0.15, 0.2) is 11.6 Å². The third-order valence-corrected chi connectivity index (χ3v) is 11.7. The lowest BCUT2D eigenvalue weighted by molar-refractivity contribution is -0.184. The number of amides is 2. The number of hydrogen-bond acceptors (Lipinski definition) is 10. The average Bonchev–Trinajstić information content (AvgIpc) is 3.26. The van der Waals surface area contributed by atoms with Gasteiger partial charge in [0.15, 0.2) is 18.4 Å². The van der Waals surface area contributed by atoms with Crippen molar-refractivity contribution in [2.75, 3.05) is 6.61 Å². The van der Waals surface area contributed by atoms with Gasteiger partial charge in [-0.15, -0.1) is 0 Å². The maximum Gasteiger partial charge on any atom is 0.328 e. The summed E-state index contributed by atoms with van der Waals surface area (Å²) in [7, 11) is 0. The Morgan fingerprint density at radius 1 is 1.00 bits per heavy atom. The van der Waals surface area contributed by atoms with Gasteiger partial charge in [0.1, 0.15) is 11.6 Å². The minimum atomic E-state index is -1.81. The molecule has 4 rings (SSSR count). The standard InChI is InChI=1S/C34H50N2O11/c1-17(2)28(30(43)36-29(18(3)37)31(44)45)35-25(41)8-9-26(42)47-16-24(40)34(46)13-11-22-21-7-6-19-14-20(38)10-12-32(19,4)27(21)23(39)15-33(22,34)5/h14,17-18,21-23,27-29,37,39,46H,6-13,15-16H2,1-5H3,(H,35,41)(H,36,43)(H,44,45)/t18-,21+,22-,23-,27+,28+,29+,32+,33+,34+/m1/s1. The minimum Gasteiger partial charge on any atom is -0.480 e. The lowest BCUT2D eigenvalue weighted by Crippen LogP contribution is -2.62. The van der Waals surface area contributed by atoms with E-state index in [0.29, 0.717) is 19.3 Å². The molecule has 0 heterocycles. The molecule has 0 bridgehead atoms. The summed E-state index contributed by atoms with van der Waals surface area (Å²) < 4.78 is 5.19. The molecule has 2 amide bonds. The van der Waals surface area contributed by atoms with E-state index in [9.17, 15) is 49.2 Å². The molecule has 10 atom stereocenters. The molecule has 262 valence electrons. The van der Waals surface area contributed by atoms with E-state index in [2.05, 4.69) is 17.6 Å². The Kier molecular flexibility index (Phi) is 10.7. The summed E-state index contributed by atoms with van der Waals surface area (Å²) in [4.78, 5) is 74.7. The highest BCUT2D eigenvalue weighted by molar-refractivity contribution is 5.93. The summed E-state index contributed by atoms with van der Waals surface area (Å²) in [6, 6.07) is -2.70. The zero-order valence-corrected chi connectivity index (χ0v) is 27.9. The van der Waals surface area contributed by atoms with Gasteiger partial charge in [0, 0.05) is 18.3 Å². The largest absolute Gasteiger partial charge is 0.480 e. The van der Waals surface area contributed by atoms with Gasteiger partial charge in [-0.25, -0.2) is 4.79 Å². The van der Waals surface area contributed by atoms with Gasteiger partial charge in [-0.3, -0.25) is 24.0 Å². The molecule has 0 aliphatic heterocycles. The molecule has 0 radical (unpaired) electrons. The number of aliphatic hydroxyl groups is 3. The van der Waals surface area contributed by atoms with Crippen LogP contribution in [0.2, 0.25) is 0 Å². The number of ketones is 2. The lowest BCUT2D eigenvalue weighted by Gasteiger charge is -2.60. The van der Waals surface area contributed by atoms with Crippen molar-refractivity contribution in [3.63, 3.8) is 0 Å². The Morgan fingerprint density at radius 3 is 2.30 bits per heavy atom. The molecular weight excluding hydrogens is 612 g/mol. The SMILES string of the molecule is CC(C)[C@H](NC(=O)CCC(=O)OCC(=O)[C@@]1(O)CC[C@@H]2[C@@H]3CCC4=CC(=O)CC[C@]4(C)[C@@H]3[C@H](O)C[C@@]21C)C(=O)N[C@H](C(=O)O)[C@@H](C)O. The number of fused-ring (bicyclic) bond motifs is 5. The molecule has 13 nitrogen and oxygen atoms in total. The zero-order valence-electron chi connectivity index (χ0n) is 27.9. The van der Waals surface area contributed by atoms with E-state index in [1.807, 2.05) is 6.92 Å². The predicted molar refractivity (Wildman–Crippen MR) is 166 cm³/mol. The van der Waals surface area contributed by atoms with Crippen LogP contribution in [0.25, 0.3) is 0 Å². The van der Waals surface area contributed by atoms with Crippen LogP contribution in [0.5, 0.6) is 0 Å². The highest BCUT2D eigenvalue weighted by Gasteiger charge is 2.68. The van der Waals surface area contributed by atoms with Gasteiger partial charge in [-0.1, -0.05) is 33.3 Å². The number of hydrogen-bond donors (Lipinski definition) is 6. The molecule has 13 heteroatoms. The van der Waals surface area contributed by atoms with Crippen molar-refractivity contribution in [2.24, 2.45) is 34.5 Å². The number of rotatable bonds is 12. The number of ether oxygens (including phenoxy) is 1. The third-order valence-electron chi connectivity index (χ3n) is 11.7. The molecule has 0 aromatic rings. The third kappa shape index (κ3) is 6.89. The number of carboxylic acid groups (broad SMARTS) is 1. The number of esters is 1. The summed E-state index contributed by atoms with van der Waals surface area (Å²) in [5.74, 6) is -4.79. The maximum absolute atomic E-state index is 13.5. The topological polar surface area (TPSA) is 217 Å². The van der Waals surface area contributed by atoms with Crippen molar-refractivity contribution < 1.29 is 53.9 Å². The van der Waals surface area contributed by atoms with E-state index in [0.717, 1.165) is 18.4 Å². The van der Waals surface area contributed by atoms with Crippen LogP contribution in [0.4, 0.5) is 0 Å². The number of carboxylic acids is 1. The van der Waals surface area contributed by atoms with E-state index >= 15 is 0 Å². The number of aliphatic carboxylic acids is 1. The number of allylic oxidation sites excluding steroid dienone is 1. The molecule has 47 heavy (non-hydrogen) atoms.